The Morgan fingerprint density at radius 1 is 1.20 bits per heavy atom. The van der Waals surface area contributed by atoms with Crippen LogP contribution in [-0.4, -0.2) is 13.7 Å². The van der Waals surface area contributed by atoms with Crippen molar-refractivity contribution in [2.75, 3.05) is 13.7 Å². The second-order valence-corrected chi connectivity index (χ2v) is 5.09. The van der Waals surface area contributed by atoms with Crippen LogP contribution in [0.3, 0.4) is 0 Å². The van der Waals surface area contributed by atoms with E-state index in [1.165, 1.54) is 16.7 Å². The minimum atomic E-state index is 0.0884. The third kappa shape index (κ3) is 3.30. The summed E-state index contributed by atoms with van der Waals surface area (Å²) in [5.74, 6) is 1.79. The van der Waals surface area contributed by atoms with Crippen molar-refractivity contribution >= 4 is 0 Å². The Bertz CT molecular complexity index is 560. The van der Waals surface area contributed by atoms with E-state index < -0.39 is 0 Å². The van der Waals surface area contributed by atoms with Crippen LogP contribution in [0.5, 0.6) is 0 Å². The topological polar surface area (TPSA) is 34.4 Å². The maximum atomic E-state index is 5.90. The van der Waals surface area contributed by atoms with Crippen LogP contribution < -0.4 is 5.32 Å². The molecule has 0 saturated carbocycles. The van der Waals surface area contributed by atoms with Gasteiger partial charge in [-0.3, -0.25) is 0 Å². The van der Waals surface area contributed by atoms with E-state index >= 15 is 0 Å². The third-order valence-electron chi connectivity index (χ3n) is 3.41. The summed E-state index contributed by atoms with van der Waals surface area (Å²) >= 11 is 0. The van der Waals surface area contributed by atoms with E-state index in [1.54, 1.807) is 7.11 Å². The van der Waals surface area contributed by atoms with E-state index in [4.69, 9.17) is 9.15 Å². The molecule has 0 radical (unpaired) electrons. The molecule has 0 saturated heterocycles. The average molecular weight is 273 g/mol. The molecule has 0 amide bonds. The SMILES string of the molecule is CCNC(c1ccc(COC)o1)c1cc(C)ccc1C. The van der Waals surface area contributed by atoms with Gasteiger partial charge in [-0.15, -0.1) is 0 Å². The van der Waals surface area contributed by atoms with Crippen LogP contribution in [0.15, 0.2) is 34.7 Å². The molecular weight excluding hydrogens is 250 g/mol. The average Bonchev–Trinajstić information content (AvgIpc) is 2.88. The molecule has 1 N–H and O–H groups in total. The highest BCUT2D eigenvalue weighted by atomic mass is 16.5. The van der Waals surface area contributed by atoms with Crippen LogP contribution in [0.2, 0.25) is 0 Å². The van der Waals surface area contributed by atoms with Crippen LogP contribution >= 0.6 is 0 Å². The lowest BCUT2D eigenvalue weighted by atomic mass is 9.97. The fourth-order valence-electron chi connectivity index (χ4n) is 2.41. The molecule has 0 bridgehead atoms. The Morgan fingerprint density at radius 3 is 2.70 bits per heavy atom. The highest BCUT2D eigenvalue weighted by molar-refractivity contribution is 5.37. The van der Waals surface area contributed by atoms with Crippen LogP contribution in [0.1, 0.15) is 41.2 Å². The molecule has 20 heavy (non-hydrogen) atoms. The van der Waals surface area contributed by atoms with Gasteiger partial charge in [-0.05, 0) is 43.7 Å². The summed E-state index contributed by atoms with van der Waals surface area (Å²) < 4.78 is 11.0. The van der Waals surface area contributed by atoms with Crippen molar-refractivity contribution in [2.24, 2.45) is 0 Å². The summed E-state index contributed by atoms with van der Waals surface area (Å²) in [6.07, 6.45) is 0. The fraction of sp³-hybridized carbons (Fsp3) is 0.412. The van der Waals surface area contributed by atoms with Gasteiger partial charge in [0.05, 0.1) is 6.04 Å². The number of ether oxygens (including phenoxy) is 1. The molecule has 2 aromatic rings. The number of benzene rings is 1. The molecule has 1 atom stereocenters. The third-order valence-corrected chi connectivity index (χ3v) is 3.41. The summed E-state index contributed by atoms with van der Waals surface area (Å²) in [4.78, 5) is 0. The summed E-state index contributed by atoms with van der Waals surface area (Å²) in [5, 5.41) is 3.50. The lowest BCUT2D eigenvalue weighted by Crippen LogP contribution is -2.22. The zero-order valence-electron chi connectivity index (χ0n) is 12.7. The van der Waals surface area contributed by atoms with Crippen molar-refractivity contribution in [2.45, 2.75) is 33.4 Å². The number of aryl methyl sites for hydroxylation is 2. The van der Waals surface area contributed by atoms with Gasteiger partial charge in [0.2, 0.25) is 0 Å². The van der Waals surface area contributed by atoms with Crippen molar-refractivity contribution < 1.29 is 9.15 Å². The van der Waals surface area contributed by atoms with Crippen molar-refractivity contribution in [3.05, 3.63) is 58.5 Å². The highest BCUT2D eigenvalue weighted by Gasteiger charge is 2.19. The molecule has 1 heterocycles. The molecular formula is C17H23NO2. The van der Waals surface area contributed by atoms with Crippen molar-refractivity contribution in [1.82, 2.24) is 5.32 Å². The van der Waals surface area contributed by atoms with Gasteiger partial charge in [0.25, 0.3) is 0 Å². The molecule has 0 spiro atoms. The van der Waals surface area contributed by atoms with Crippen LogP contribution in [-0.2, 0) is 11.3 Å². The van der Waals surface area contributed by atoms with E-state index in [0.29, 0.717) is 6.61 Å². The van der Waals surface area contributed by atoms with Crippen LogP contribution in [0, 0.1) is 13.8 Å². The summed E-state index contributed by atoms with van der Waals surface area (Å²) in [6, 6.07) is 10.6. The van der Waals surface area contributed by atoms with E-state index in [1.807, 2.05) is 12.1 Å². The minimum absolute atomic E-state index is 0.0884. The maximum absolute atomic E-state index is 5.90. The second-order valence-electron chi connectivity index (χ2n) is 5.09. The van der Waals surface area contributed by atoms with Crippen molar-refractivity contribution in [3.63, 3.8) is 0 Å². The van der Waals surface area contributed by atoms with Gasteiger partial charge in [0.15, 0.2) is 0 Å². The zero-order valence-corrected chi connectivity index (χ0v) is 12.7. The van der Waals surface area contributed by atoms with Gasteiger partial charge in [-0.1, -0.05) is 30.7 Å². The number of methoxy groups -OCH3 is 1. The maximum Gasteiger partial charge on any atom is 0.129 e. The van der Waals surface area contributed by atoms with Gasteiger partial charge >= 0.3 is 0 Å². The molecule has 0 aliphatic heterocycles. The quantitative estimate of drug-likeness (QED) is 0.870. The number of hydrogen-bond acceptors (Lipinski definition) is 3. The zero-order chi connectivity index (χ0) is 14.5. The summed E-state index contributed by atoms with van der Waals surface area (Å²) in [5.41, 5.74) is 3.80. The van der Waals surface area contributed by atoms with Gasteiger partial charge < -0.3 is 14.5 Å². The molecule has 3 heteroatoms. The lowest BCUT2D eigenvalue weighted by Gasteiger charge is -2.19. The standard InChI is InChI=1S/C17H23NO2/c1-5-18-17(15-10-12(2)6-7-13(15)3)16-9-8-14(20-16)11-19-4/h6-10,17-18H,5,11H2,1-4H3. The van der Waals surface area contributed by atoms with Gasteiger partial charge in [-0.2, -0.15) is 0 Å². The predicted octanol–water partition coefficient (Wildman–Crippen LogP) is 3.74. The van der Waals surface area contributed by atoms with Crippen LogP contribution in [0.4, 0.5) is 0 Å². The Labute approximate surface area is 121 Å². The predicted molar refractivity (Wildman–Crippen MR) is 80.9 cm³/mol. The Kier molecular flexibility index (Phi) is 4.99. The molecule has 0 aliphatic rings. The first-order valence-corrected chi connectivity index (χ1v) is 7.03. The molecule has 0 aliphatic carbocycles. The van der Waals surface area contributed by atoms with Crippen molar-refractivity contribution in [3.8, 4) is 0 Å². The minimum Gasteiger partial charge on any atom is -0.462 e. The van der Waals surface area contributed by atoms with Crippen molar-refractivity contribution in [1.29, 1.82) is 0 Å². The number of nitrogens with one attached hydrogen (secondary N) is 1. The first kappa shape index (κ1) is 14.8. The molecule has 1 aromatic heterocycles. The van der Waals surface area contributed by atoms with Gasteiger partial charge in [0.1, 0.15) is 18.1 Å². The lowest BCUT2D eigenvalue weighted by molar-refractivity contribution is 0.162. The van der Waals surface area contributed by atoms with E-state index in [9.17, 15) is 0 Å². The highest BCUT2D eigenvalue weighted by Crippen LogP contribution is 2.27. The first-order valence-electron chi connectivity index (χ1n) is 7.03. The number of furan rings is 1. The monoisotopic (exact) mass is 273 g/mol. The fourth-order valence-corrected chi connectivity index (χ4v) is 2.41. The first-order chi connectivity index (χ1) is 9.65. The molecule has 2 rings (SSSR count). The van der Waals surface area contributed by atoms with E-state index in [0.717, 1.165) is 18.1 Å². The van der Waals surface area contributed by atoms with E-state index in [2.05, 4.69) is 44.3 Å². The number of hydrogen-bond donors (Lipinski definition) is 1. The molecule has 1 aromatic carbocycles. The van der Waals surface area contributed by atoms with Gasteiger partial charge in [-0.25, -0.2) is 0 Å². The van der Waals surface area contributed by atoms with Gasteiger partial charge in [0, 0.05) is 7.11 Å². The molecule has 1 unspecified atom stereocenters. The van der Waals surface area contributed by atoms with E-state index in [-0.39, 0.29) is 6.04 Å². The Balaban J connectivity index is 2.36. The van der Waals surface area contributed by atoms with Crippen LogP contribution in [0.25, 0.3) is 0 Å². The Hall–Kier alpha value is -1.58. The molecule has 3 nitrogen and oxygen atoms in total. The summed E-state index contributed by atoms with van der Waals surface area (Å²) in [6.45, 7) is 7.75. The normalized spacial score (nSPS) is 12.6. The Morgan fingerprint density at radius 2 is 2.00 bits per heavy atom. The second kappa shape index (κ2) is 6.73. The summed E-state index contributed by atoms with van der Waals surface area (Å²) in [7, 11) is 1.68. The number of rotatable bonds is 6. The largest absolute Gasteiger partial charge is 0.462 e. The smallest absolute Gasteiger partial charge is 0.129 e. The molecule has 0 fully saturated rings. The molecule has 108 valence electrons.